The molecule has 0 saturated heterocycles. The van der Waals surface area contributed by atoms with E-state index in [0.29, 0.717) is 12.2 Å². The number of carbonyl (C=O) groups is 1. The average Bonchev–Trinajstić information content (AvgIpc) is 2.67. The molecule has 0 saturated carbocycles. The van der Waals surface area contributed by atoms with Crippen molar-refractivity contribution in [2.45, 2.75) is 26.8 Å². The van der Waals surface area contributed by atoms with E-state index in [0.717, 1.165) is 30.0 Å². The van der Waals surface area contributed by atoms with Gasteiger partial charge in [-0.15, -0.1) is 10.2 Å². The lowest BCUT2D eigenvalue weighted by molar-refractivity contribution is -0.115. The SMILES string of the molecule is CCN(Cc1ccccc1)c1ccc(NC(=O)Cc2cccc(C)c2)nn1. The summed E-state index contributed by atoms with van der Waals surface area (Å²) in [5.74, 6) is 1.16. The van der Waals surface area contributed by atoms with Gasteiger partial charge in [0.15, 0.2) is 11.6 Å². The van der Waals surface area contributed by atoms with E-state index in [1.54, 1.807) is 6.07 Å². The highest BCUT2D eigenvalue weighted by Gasteiger charge is 2.09. The summed E-state index contributed by atoms with van der Waals surface area (Å²) in [5.41, 5.74) is 3.34. The van der Waals surface area contributed by atoms with Gasteiger partial charge in [0.2, 0.25) is 5.91 Å². The second-order valence-corrected chi connectivity index (χ2v) is 6.49. The molecule has 0 aliphatic carbocycles. The van der Waals surface area contributed by atoms with E-state index in [2.05, 4.69) is 39.5 Å². The zero-order chi connectivity index (χ0) is 19.1. The Morgan fingerprint density at radius 2 is 1.74 bits per heavy atom. The zero-order valence-corrected chi connectivity index (χ0v) is 15.7. The summed E-state index contributed by atoms with van der Waals surface area (Å²) < 4.78 is 0. The Hall–Kier alpha value is -3.21. The molecule has 0 aliphatic heterocycles. The van der Waals surface area contributed by atoms with Crippen LogP contribution in [-0.4, -0.2) is 22.6 Å². The minimum atomic E-state index is -0.0979. The van der Waals surface area contributed by atoms with Crippen molar-refractivity contribution in [1.82, 2.24) is 10.2 Å². The Kier molecular flexibility index (Phi) is 6.15. The lowest BCUT2D eigenvalue weighted by Crippen LogP contribution is -2.23. The summed E-state index contributed by atoms with van der Waals surface area (Å²) in [6, 6.07) is 21.9. The van der Waals surface area contributed by atoms with Gasteiger partial charge >= 0.3 is 0 Å². The molecule has 1 aromatic heterocycles. The van der Waals surface area contributed by atoms with Crippen LogP contribution >= 0.6 is 0 Å². The molecule has 0 radical (unpaired) electrons. The van der Waals surface area contributed by atoms with Crippen LogP contribution in [0.1, 0.15) is 23.6 Å². The summed E-state index contributed by atoms with van der Waals surface area (Å²) in [4.78, 5) is 14.4. The highest BCUT2D eigenvalue weighted by atomic mass is 16.1. The van der Waals surface area contributed by atoms with E-state index in [1.807, 2.05) is 55.5 Å². The molecular weight excluding hydrogens is 336 g/mol. The van der Waals surface area contributed by atoms with Crippen LogP contribution in [0.5, 0.6) is 0 Å². The van der Waals surface area contributed by atoms with Crippen LogP contribution in [0.4, 0.5) is 11.6 Å². The number of rotatable bonds is 7. The van der Waals surface area contributed by atoms with Gasteiger partial charge in [-0.05, 0) is 37.1 Å². The molecule has 0 aliphatic rings. The second-order valence-electron chi connectivity index (χ2n) is 6.49. The lowest BCUT2D eigenvalue weighted by atomic mass is 10.1. The van der Waals surface area contributed by atoms with Gasteiger partial charge in [0, 0.05) is 13.1 Å². The van der Waals surface area contributed by atoms with Gasteiger partial charge in [0.1, 0.15) is 0 Å². The van der Waals surface area contributed by atoms with E-state index in [9.17, 15) is 4.79 Å². The van der Waals surface area contributed by atoms with Gasteiger partial charge in [0.25, 0.3) is 0 Å². The van der Waals surface area contributed by atoms with Crippen LogP contribution in [-0.2, 0) is 17.8 Å². The van der Waals surface area contributed by atoms with E-state index < -0.39 is 0 Å². The Morgan fingerprint density at radius 3 is 2.41 bits per heavy atom. The maximum atomic E-state index is 12.2. The van der Waals surface area contributed by atoms with Crippen molar-refractivity contribution in [3.8, 4) is 0 Å². The van der Waals surface area contributed by atoms with Crippen molar-refractivity contribution in [3.63, 3.8) is 0 Å². The molecule has 2 aromatic carbocycles. The number of hydrogen-bond acceptors (Lipinski definition) is 4. The lowest BCUT2D eigenvalue weighted by Gasteiger charge is -2.21. The maximum absolute atomic E-state index is 12.2. The Labute approximate surface area is 160 Å². The first kappa shape index (κ1) is 18.6. The summed E-state index contributed by atoms with van der Waals surface area (Å²) in [6.45, 7) is 5.69. The molecular formula is C22H24N4O. The summed E-state index contributed by atoms with van der Waals surface area (Å²) >= 11 is 0. The topological polar surface area (TPSA) is 58.1 Å². The minimum absolute atomic E-state index is 0.0979. The van der Waals surface area contributed by atoms with Gasteiger partial charge in [-0.1, -0.05) is 60.2 Å². The largest absolute Gasteiger partial charge is 0.351 e. The normalized spacial score (nSPS) is 10.4. The number of aromatic nitrogens is 2. The number of benzene rings is 2. The smallest absolute Gasteiger partial charge is 0.229 e. The quantitative estimate of drug-likeness (QED) is 0.692. The number of nitrogens with zero attached hydrogens (tertiary/aromatic N) is 3. The van der Waals surface area contributed by atoms with Crippen LogP contribution in [0.3, 0.4) is 0 Å². The first-order chi connectivity index (χ1) is 13.1. The molecule has 0 spiro atoms. The van der Waals surface area contributed by atoms with Crippen molar-refractivity contribution >= 4 is 17.5 Å². The molecule has 5 heteroatoms. The van der Waals surface area contributed by atoms with Gasteiger partial charge < -0.3 is 10.2 Å². The number of nitrogens with one attached hydrogen (secondary N) is 1. The molecule has 0 unspecified atom stereocenters. The van der Waals surface area contributed by atoms with Gasteiger partial charge in [0.05, 0.1) is 6.42 Å². The van der Waals surface area contributed by atoms with E-state index >= 15 is 0 Å². The van der Waals surface area contributed by atoms with Crippen LogP contribution in [0.15, 0.2) is 66.7 Å². The maximum Gasteiger partial charge on any atom is 0.229 e. The summed E-state index contributed by atoms with van der Waals surface area (Å²) in [7, 11) is 0. The number of aryl methyl sites for hydroxylation is 1. The fraction of sp³-hybridized carbons (Fsp3) is 0.227. The first-order valence-corrected chi connectivity index (χ1v) is 9.12. The third kappa shape index (κ3) is 5.38. The van der Waals surface area contributed by atoms with Gasteiger partial charge in [-0.25, -0.2) is 0 Å². The third-order valence-electron chi connectivity index (χ3n) is 4.29. The predicted molar refractivity (Wildman–Crippen MR) is 109 cm³/mol. The van der Waals surface area contributed by atoms with Crippen molar-refractivity contribution in [3.05, 3.63) is 83.4 Å². The number of anilines is 2. The summed E-state index contributed by atoms with van der Waals surface area (Å²) in [6.07, 6.45) is 0.320. The Morgan fingerprint density at radius 1 is 0.963 bits per heavy atom. The fourth-order valence-corrected chi connectivity index (χ4v) is 2.91. The van der Waals surface area contributed by atoms with Gasteiger partial charge in [-0.2, -0.15) is 0 Å². The first-order valence-electron chi connectivity index (χ1n) is 9.12. The molecule has 27 heavy (non-hydrogen) atoms. The monoisotopic (exact) mass is 360 g/mol. The van der Waals surface area contributed by atoms with E-state index in [-0.39, 0.29) is 5.91 Å². The highest BCUT2D eigenvalue weighted by Crippen LogP contribution is 2.15. The van der Waals surface area contributed by atoms with Crippen LogP contribution < -0.4 is 10.2 Å². The van der Waals surface area contributed by atoms with E-state index in [1.165, 1.54) is 5.56 Å². The molecule has 1 amide bonds. The number of amides is 1. The van der Waals surface area contributed by atoms with Crippen LogP contribution in [0.2, 0.25) is 0 Å². The molecule has 1 heterocycles. The van der Waals surface area contributed by atoms with Crippen LogP contribution in [0, 0.1) is 6.92 Å². The Balaban J connectivity index is 1.61. The second kappa shape index (κ2) is 8.94. The van der Waals surface area contributed by atoms with Crippen LogP contribution in [0.25, 0.3) is 0 Å². The molecule has 3 rings (SSSR count). The molecule has 5 nitrogen and oxygen atoms in total. The fourth-order valence-electron chi connectivity index (χ4n) is 2.91. The van der Waals surface area contributed by atoms with Gasteiger partial charge in [-0.3, -0.25) is 4.79 Å². The zero-order valence-electron chi connectivity index (χ0n) is 15.7. The van der Waals surface area contributed by atoms with E-state index in [4.69, 9.17) is 0 Å². The number of carbonyl (C=O) groups excluding carboxylic acids is 1. The average molecular weight is 360 g/mol. The van der Waals surface area contributed by atoms with Crippen molar-refractivity contribution in [2.24, 2.45) is 0 Å². The van der Waals surface area contributed by atoms with Crippen molar-refractivity contribution in [1.29, 1.82) is 0 Å². The summed E-state index contributed by atoms with van der Waals surface area (Å²) in [5, 5.41) is 11.3. The third-order valence-corrected chi connectivity index (χ3v) is 4.29. The Bertz CT molecular complexity index is 878. The molecule has 1 N–H and O–H groups in total. The molecule has 0 atom stereocenters. The van der Waals surface area contributed by atoms with Crippen molar-refractivity contribution in [2.75, 3.05) is 16.8 Å². The molecule has 3 aromatic rings. The predicted octanol–water partition coefficient (Wildman–Crippen LogP) is 3.99. The highest BCUT2D eigenvalue weighted by molar-refractivity contribution is 5.91. The van der Waals surface area contributed by atoms with Crippen molar-refractivity contribution < 1.29 is 4.79 Å². The molecule has 138 valence electrons. The number of hydrogen-bond donors (Lipinski definition) is 1. The minimum Gasteiger partial charge on any atom is -0.351 e. The molecule has 0 fully saturated rings. The standard InChI is InChI=1S/C22H24N4O/c1-3-26(16-18-9-5-4-6-10-18)21-13-12-20(24-25-21)23-22(27)15-19-11-7-8-17(2)14-19/h4-14H,3,15-16H2,1-2H3,(H,23,24,27). The molecule has 0 bridgehead atoms.